The standard InChI is InChI=1S/C16H21NO4/c1-4-12(2)17-15(18)11-21-16(19)10-7-13-5-8-14(20-3)9-6-13/h5-10,12H,4,11H2,1-3H3,(H,17,18)/b10-7+/t12-/m1/s1. The number of amides is 1. The number of rotatable bonds is 7. The molecule has 0 aromatic heterocycles. The summed E-state index contributed by atoms with van der Waals surface area (Å²) >= 11 is 0. The first-order chi connectivity index (χ1) is 10.0. The number of esters is 1. The third kappa shape index (κ3) is 6.61. The molecule has 1 atom stereocenters. The minimum Gasteiger partial charge on any atom is -0.497 e. The van der Waals surface area contributed by atoms with E-state index in [0.717, 1.165) is 17.7 Å². The largest absolute Gasteiger partial charge is 0.497 e. The number of ether oxygens (including phenoxy) is 2. The molecule has 0 spiro atoms. The van der Waals surface area contributed by atoms with Crippen molar-refractivity contribution in [3.63, 3.8) is 0 Å². The highest BCUT2D eigenvalue weighted by Gasteiger charge is 2.07. The molecule has 0 saturated heterocycles. The molecule has 1 N–H and O–H groups in total. The van der Waals surface area contributed by atoms with E-state index in [4.69, 9.17) is 9.47 Å². The fourth-order valence-electron chi connectivity index (χ4n) is 1.48. The maximum absolute atomic E-state index is 11.5. The molecule has 1 aromatic carbocycles. The highest BCUT2D eigenvalue weighted by atomic mass is 16.5. The first-order valence-electron chi connectivity index (χ1n) is 6.83. The molecule has 5 heteroatoms. The molecule has 0 fully saturated rings. The summed E-state index contributed by atoms with van der Waals surface area (Å²) in [5.41, 5.74) is 0.844. The molecule has 0 radical (unpaired) electrons. The van der Waals surface area contributed by atoms with Gasteiger partial charge in [0.2, 0.25) is 0 Å². The van der Waals surface area contributed by atoms with Crippen LogP contribution in [0.3, 0.4) is 0 Å². The smallest absolute Gasteiger partial charge is 0.331 e. The molecule has 0 saturated carbocycles. The van der Waals surface area contributed by atoms with Crippen LogP contribution in [0.15, 0.2) is 30.3 Å². The van der Waals surface area contributed by atoms with Gasteiger partial charge in [0.15, 0.2) is 6.61 Å². The molecule has 0 unspecified atom stereocenters. The van der Waals surface area contributed by atoms with Gasteiger partial charge < -0.3 is 14.8 Å². The molecule has 0 heterocycles. The van der Waals surface area contributed by atoms with E-state index in [1.165, 1.54) is 6.08 Å². The normalized spacial score (nSPS) is 12.0. The lowest BCUT2D eigenvalue weighted by Crippen LogP contribution is -2.35. The van der Waals surface area contributed by atoms with Crippen LogP contribution in [-0.2, 0) is 14.3 Å². The molecular formula is C16H21NO4. The second kappa shape index (κ2) is 8.79. The van der Waals surface area contributed by atoms with Crippen molar-refractivity contribution in [3.8, 4) is 5.75 Å². The summed E-state index contributed by atoms with van der Waals surface area (Å²) in [7, 11) is 1.59. The van der Waals surface area contributed by atoms with Gasteiger partial charge in [-0.05, 0) is 37.1 Å². The Morgan fingerprint density at radius 2 is 1.95 bits per heavy atom. The molecular weight excluding hydrogens is 270 g/mol. The van der Waals surface area contributed by atoms with Crippen LogP contribution >= 0.6 is 0 Å². The average molecular weight is 291 g/mol. The number of carbonyl (C=O) groups is 2. The van der Waals surface area contributed by atoms with Crippen LogP contribution in [0.5, 0.6) is 5.75 Å². The minimum absolute atomic E-state index is 0.0750. The van der Waals surface area contributed by atoms with Crippen LogP contribution in [0, 0.1) is 0 Å². The van der Waals surface area contributed by atoms with Gasteiger partial charge in [-0.2, -0.15) is 0 Å². The van der Waals surface area contributed by atoms with Crippen LogP contribution in [0.1, 0.15) is 25.8 Å². The Bertz CT molecular complexity index is 494. The number of hydrogen-bond donors (Lipinski definition) is 1. The molecule has 1 rings (SSSR count). The number of benzene rings is 1. The van der Waals surface area contributed by atoms with Crippen molar-refractivity contribution in [2.24, 2.45) is 0 Å². The summed E-state index contributed by atoms with van der Waals surface area (Å²) in [6.45, 7) is 3.59. The van der Waals surface area contributed by atoms with Gasteiger partial charge >= 0.3 is 5.97 Å². The van der Waals surface area contributed by atoms with E-state index in [1.54, 1.807) is 25.3 Å². The first-order valence-corrected chi connectivity index (χ1v) is 6.83. The van der Waals surface area contributed by atoms with Gasteiger partial charge in [-0.15, -0.1) is 0 Å². The first kappa shape index (κ1) is 16.8. The maximum atomic E-state index is 11.5. The lowest BCUT2D eigenvalue weighted by atomic mass is 10.2. The van der Waals surface area contributed by atoms with Crippen LogP contribution in [0.4, 0.5) is 0 Å². The van der Waals surface area contributed by atoms with Gasteiger partial charge in [0, 0.05) is 12.1 Å². The lowest BCUT2D eigenvalue weighted by molar-refractivity contribution is -0.144. The Hall–Kier alpha value is -2.30. The van der Waals surface area contributed by atoms with Crippen molar-refractivity contribution in [1.82, 2.24) is 5.32 Å². The Kier molecular flexibility index (Phi) is 7.01. The van der Waals surface area contributed by atoms with E-state index in [0.29, 0.717) is 0 Å². The summed E-state index contributed by atoms with van der Waals surface area (Å²) in [4.78, 5) is 22.9. The number of carbonyl (C=O) groups excluding carboxylic acids is 2. The van der Waals surface area contributed by atoms with Crippen molar-refractivity contribution in [2.75, 3.05) is 13.7 Å². The zero-order valence-electron chi connectivity index (χ0n) is 12.6. The molecule has 0 aliphatic rings. The molecule has 0 aliphatic heterocycles. The Morgan fingerprint density at radius 3 is 2.52 bits per heavy atom. The Labute approximate surface area is 124 Å². The zero-order chi connectivity index (χ0) is 15.7. The van der Waals surface area contributed by atoms with Crippen LogP contribution < -0.4 is 10.1 Å². The fourth-order valence-corrected chi connectivity index (χ4v) is 1.48. The summed E-state index contributed by atoms with van der Waals surface area (Å²) in [6, 6.07) is 7.30. The second-order valence-electron chi connectivity index (χ2n) is 4.59. The minimum atomic E-state index is -0.551. The predicted molar refractivity (Wildman–Crippen MR) is 80.9 cm³/mol. The van der Waals surface area contributed by atoms with Gasteiger partial charge in [0.1, 0.15) is 5.75 Å². The van der Waals surface area contributed by atoms with E-state index >= 15 is 0 Å². The molecule has 114 valence electrons. The highest BCUT2D eigenvalue weighted by molar-refractivity contribution is 5.89. The monoisotopic (exact) mass is 291 g/mol. The Morgan fingerprint density at radius 1 is 1.29 bits per heavy atom. The number of hydrogen-bond acceptors (Lipinski definition) is 4. The molecule has 0 bridgehead atoms. The van der Waals surface area contributed by atoms with E-state index in [2.05, 4.69) is 5.32 Å². The third-order valence-corrected chi connectivity index (χ3v) is 2.89. The SMILES string of the molecule is CC[C@@H](C)NC(=O)COC(=O)/C=C/c1ccc(OC)cc1. The summed E-state index contributed by atoms with van der Waals surface area (Å²) in [6.07, 6.45) is 3.74. The lowest BCUT2D eigenvalue weighted by Gasteiger charge is -2.10. The van der Waals surface area contributed by atoms with Crippen molar-refractivity contribution in [3.05, 3.63) is 35.9 Å². The molecule has 1 aromatic rings. The number of nitrogens with one attached hydrogen (secondary N) is 1. The molecule has 1 amide bonds. The topological polar surface area (TPSA) is 64.6 Å². The van der Waals surface area contributed by atoms with Crippen LogP contribution in [-0.4, -0.2) is 31.6 Å². The fraction of sp³-hybridized carbons (Fsp3) is 0.375. The molecule has 0 aliphatic carbocycles. The predicted octanol–water partition coefficient (Wildman–Crippen LogP) is 2.17. The summed E-state index contributed by atoms with van der Waals surface area (Å²) in [5, 5.41) is 2.72. The van der Waals surface area contributed by atoms with E-state index in [-0.39, 0.29) is 18.6 Å². The quantitative estimate of drug-likeness (QED) is 0.617. The van der Waals surface area contributed by atoms with Gasteiger partial charge in [0.25, 0.3) is 5.91 Å². The van der Waals surface area contributed by atoms with Gasteiger partial charge in [-0.3, -0.25) is 4.79 Å². The summed E-state index contributed by atoms with van der Waals surface area (Å²) in [5.74, 6) is -0.0999. The van der Waals surface area contributed by atoms with Crippen molar-refractivity contribution < 1.29 is 19.1 Å². The van der Waals surface area contributed by atoms with E-state index < -0.39 is 5.97 Å². The molecule has 5 nitrogen and oxygen atoms in total. The summed E-state index contributed by atoms with van der Waals surface area (Å²) < 4.78 is 9.89. The highest BCUT2D eigenvalue weighted by Crippen LogP contribution is 2.12. The van der Waals surface area contributed by atoms with E-state index in [9.17, 15) is 9.59 Å². The van der Waals surface area contributed by atoms with Crippen LogP contribution in [0.25, 0.3) is 6.08 Å². The van der Waals surface area contributed by atoms with Crippen LogP contribution in [0.2, 0.25) is 0 Å². The van der Waals surface area contributed by atoms with E-state index in [1.807, 2.05) is 26.0 Å². The zero-order valence-corrected chi connectivity index (χ0v) is 12.6. The second-order valence-corrected chi connectivity index (χ2v) is 4.59. The van der Waals surface area contributed by atoms with Crippen molar-refractivity contribution >= 4 is 18.0 Å². The van der Waals surface area contributed by atoms with Crippen molar-refractivity contribution in [1.29, 1.82) is 0 Å². The number of methoxy groups -OCH3 is 1. The van der Waals surface area contributed by atoms with Gasteiger partial charge in [-0.25, -0.2) is 4.79 Å². The van der Waals surface area contributed by atoms with Gasteiger partial charge in [-0.1, -0.05) is 19.1 Å². The van der Waals surface area contributed by atoms with Crippen molar-refractivity contribution in [2.45, 2.75) is 26.3 Å². The Balaban J connectivity index is 2.38. The maximum Gasteiger partial charge on any atom is 0.331 e. The average Bonchev–Trinajstić information content (AvgIpc) is 2.51. The third-order valence-electron chi connectivity index (χ3n) is 2.89. The molecule has 21 heavy (non-hydrogen) atoms. The van der Waals surface area contributed by atoms with Gasteiger partial charge in [0.05, 0.1) is 7.11 Å².